The molecular formula is C13H18N2O2. The number of pyridine rings is 1. The third-order valence-electron chi connectivity index (χ3n) is 3.52. The Bertz CT molecular complexity index is 439. The summed E-state index contributed by atoms with van der Waals surface area (Å²) in [5, 5.41) is 9.19. The van der Waals surface area contributed by atoms with Crippen molar-refractivity contribution in [3.8, 4) is 0 Å². The number of carbonyl (C=O) groups is 1. The van der Waals surface area contributed by atoms with E-state index in [4.69, 9.17) is 0 Å². The van der Waals surface area contributed by atoms with Gasteiger partial charge in [0.15, 0.2) is 0 Å². The SMILES string of the molecule is CN(c1cc(C2CC2)ccn1)C(C)(C)C(=O)O. The van der Waals surface area contributed by atoms with E-state index in [1.165, 1.54) is 18.4 Å². The van der Waals surface area contributed by atoms with Gasteiger partial charge in [-0.25, -0.2) is 9.78 Å². The highest BCUT2D eigenvalue weighted by molar-refractivity contribution is 5.81. The molecule has 1 fully saturated rings. The summed E-state index contributed by atoms with van der Waals surface area (Å²) < 4.78 is 0. The smallest absolute Gasteiger partial charge is 0.328 e. The highest BCUT2D eigenvalue weighted by atomic mass is 16.4. The third-order valence-corrected chi connectivity index (χ3v) is 3.52. The van der Waals surface area contributed by atoms with Crippen LogP contribution < -0.4 is 4.90 Å². The van der Waals surface area contributed by atoms with Gasteiger partial charge in [0.1, 0.15) is 11.4 Å². The summed E-state index contributed by atoms with van der Waals surface area (Å²) in [6, 6.07) is 4.02. The second-order valence-electron chi connectivity index (χ2n) is 5.14. The third kappa shape index (κ3) is 2.25. The number of aliphatic carboxylic acids is 1. The van der Waals surface area contributed by atoms with Crippen molar-refractivity contribution in [1.82, 2.24) is 4.98 Å². The summed E-state index contributed by atoms with van der Waals surface area (Å²) >= 11 is 0. The molecule has 4 nitrogen and oxygen atoms in total. The maximum absolute atomic E-state index is 11.2. The highest BCUT2D eigenvalue weighted by Crippen LogP contribution is 2.40. The van der Waals surface area contributed by atoms with E-state index in [1.807, 2.05) is 12.1 Å². The van der Waals surface area contributed by atoms with E-state index < -0.39 is 11.5 Å². The summed E-state index contributed by atoms with van der Waals surface area (Å²) in [5.74, 6) is 0.526. The van der Waals surface area contributed by atoms with E-state index in [0.29, 0.717) is 5.92 Å². The molecule has 0 saturated heterocycles. The Labute approximate surface area is 101 Å². The molecule has 1 N–H and O–H groups in total. The lowest BCUT2D eigenvalue weighted by molar-refractivity contribution is -0.142. The zero-order valence-corrected chi connectivity index (χ0v) is 10.5. The van der Waals surface area contributed by atoms with Crippen LogP contribution in [0, 0.1) is 0 Å². The molecule has 2 rings (SSSR count). The van der Waals surface area contributed by atoms with Gasteiger partial charge in [0.25, 0.3) is 0 Å². The lowest BCUT2D eigenvalue weighted by Crippen LogP contribution is -2.48. The van der Waals surface area contributed by atoms with Gasteiger partial charge in [0, 0.05) is 13.2 Å². The van der Waals surface area contributed by atoms with E-state index in [9.17, 15) is 9.90 Å². The molecule has 0 radical (unpaired) electrons. The van der Waals surface area contributed by atoms with E-state index in [0.717, 1.165) is 5.82 Å². The van der Waals surface area contributed by atoms with E-state index >= 15 is 0 Å². The number of hydrogen-bond donors (Lipinski definition) is 1. The van der Waals surface area contributed by atoms with Gasteiger partial charge < -0.3 is 10.0 Å². The van der Waals surface area contributed by atoms with Crippen LogP contribution in [-0.2, 0) is 4.79 Å². The average Bonchev–Trinajstić information content (AvgIpc) is 3.11. The molecule has 0 spiro atoms. The first-order valence-electron chi connectivity index (χ1n) is 5.86. The van der Waals surface area contributed by atoms with E-state index in [1.54, 1.807) is 32.0 Å². The number of carboxylic acids is 1. The van der Waals surface area contributed by atoms with Crippen LogP contribution in [0.3, 0.4) is 0 Å². The number of aromatic nitrogens is 1. The Morgan fingerprint density at radius 3 is 2.71 bits per heavy atom. The van der Waals surface area contributed by atoms with Crippen LogP contribution in [0.15, 0.2) is 18.3 Å². The molecule has 1 aromatic heterocycles. The summed E-state index contributed by atoms with van der Waals surface area (Å²) in [4.78, 5) is 17.2. The number of likely N-dealkylation sites (N-methyl/N-ethyl adjacent to an activating group) is 1. The van der Waals surface area contributed by atoms with Crippen LogP contribution in [0.25, 0.3) is 0 Å². The molecule has 17 heavy (non-hydrogen) atoms. The Hall–Kier alpha value is -1.58. The predicted octanol–water partition coefficient (Wildman–Crippen LogP) is 2.26. The van der Waals surface area contributed by atoms with E-state index in [2.05, 4.69) is 4.98 Å². The molecule has 0 amide bonds. The van der Waals surface area contributed by atoms with Crippen LogP contribution in [0.5, 0.6) is 0 Å². The van der Waals surface area contributed by atoms with Gasteiger partial charge in [-0.05, 0) is 50.3 Å². The summed E-state index contributed by atoms with van der Waals surface area (Å²) in [5.41, 5.74) is 0.317. The van der Waals surface area contributed by atoms with Crippen molar-refractivity contribution in [3.05, 3.63) is 23.9 Å². The molecule has 1 saturated carbocycles. The number of carboxylic acid groups (broad SMARTS) is 1. The van der Waals surface area contributed by atoms with Crippen molar-refractivity contribution in [2.24, 2.45) is 0 Å². The Morgan fingerprint density at radius 2 is 2.18 bits per heavy atom. The second-order valence-corrected chi connectivity index (χ2v) is 5.14. The molecule has 1 heterocycles. The Kier molecular flexibility index (Phi) is 2.81. The normalized spacial score (nSPS) is 15.7. The topological polar surface area (TPSA) is 53.4 Å². The minimum absolute atomic E-state index is 0.651. The molecule has 0 aromatic carbocycles. The zero-order valence-electron chi connectivity index (χ0n) is 10.5. The minimum Gasteiger partial charge on any atom is -0.480 e. The summed E-state index contributed by atoms with van der Waals surface area (Å²) in [7, 11) is 1.77. The Balaban J connectivity index is 2.27. The number of anilines is 1. The molecule has 0 atom stereocenters. The molecule has 0 unspecified atom stereocenters. The van der Waals surface area contributed by atoms with Crippen LogP contribution in [0.4, 0.5) is 5.82 Å². The Morgan fingerprint density at radius 1 is 1.53 bits per heavy atom. The molecular weight excluding hydrogens is 216 g/mol. The van der Waals surface area contributed by atoms with Crippen LogP contribution in [0.2, 0.25) is 0 Å². The van der Waals surface area contributed by atoms with Gasteiger partial charge in [-0.2, -0.15) is 0 Å². The van der Waals surface area contributed by atoms with Crippen molar-refractivity contribution in [2.75, 3.05) is 11.9 Å². The van der Waals surface area contributed by atoms with Gasteiger partial charge in [-0.1, -0.05) is 0 Å². The minimum atomic E-state index is -0.949. The molecule has 0 bridgehead atoms. The average molecular weight is 234 g/mol. The van der Waals surface area contributed by atoms with Gasteiger partial charge in [0.2, 0.25) is 0 Å². The first kappa shape index (κ1) is 11.9. The fraction of sp³-hybridized carbons (Fsp3) is 0.538. The molecule has 4 heteroatoms. The number of nitrogens with zero attached hydrogens (tertiary/aromatic N) is 2. The zero-order chi connectivity index (χ0) is 12.6. The fourth-order valence-corrected chi connectivity index (χ4v) is 1.72. The van der Waals surface area contributed by atoms with E-state index in [-0.39, 0.29) is 0 Å². The molecule has 1 aliphatic carbocycles. The molecule has 1 aromatic rings. The van der Waals surface area contributed by atoms with Gasteiger partial charge in [-0.15, -0.1) is 0 Å². The van der Waals surface area contributed by atoms with Crippen molar-refractivity contribution in [1.29, 1.82) is 0 Å². The molecule has 0 aliphatic heterocycles. The van der Waals surface area contributed by atoms with Crippen molar-refractivity contribution >= 4 is 11.8 Å². The summed E-state index contributed by atoms with van der Waals surface area (Å²) in [6.07, 6.45) is 4.22. The predicted molar refractivity (Wildman–Crippen MR) is 66.3 cm³/mol. The number of hydrogen-bond acceptors (Lipinski definition) is 3. The first-order valence-corrected chi connectivity index (χ1v) is 5.86. The molecule has 92 valence electrons. The lowest BCUT2D eigenvalue weighted by Gasteiger charge is -2.32. The number of rotatable bonds is 4. The van der Waals surface area contributed by atoms with Gasteiger partial charge in [-0.3, -0.25) is 0 Å². The van der Waals surface area contributed by atoms with Gasteiger partial charge >= 0.3 is 5.97 Å². The highest BCUT2D eigenvalue weighted by Gasteiger charge is 2.33. The maximum Gasteiger partial charge on any atom is 0.328 e. The van der Waals surface area contributed by atoms with Crippen LogP contribution in [-0.4, -0.2) is 28.6 Å². The maximum atomic E-state index is 11.2. The molecule has 1 aliphatic rings. The summed E-state index contributed by atoms with van der Waals surface area (Å²) in [6.45, 7) is 3.36. The lowest BCUT2D eigenvalue weighted by atomic mass is 10.0. The monoisotopic (exact) mass is 234 g/mol. The van der Waals surface area contributed by atoms with Crippen LogP contribution in [0.1, 0.15) is 38.2 Å². The van der Waals surface area contributed by atoms with Gasteiger partial charge in [0.05, 0.1) is 0 Å². The fourth-order valence-electron chi connectivity index (χ4n) is 1.72. The standard InChI is InChI=1S/C13H18N2O2/c1-13(2,12(16)17)15(3)11-8-10(6-7-14-11)9-4-5-9/h6-9H,4-5H2,1-3H3,(H,16,17). The largest absolute Gasteiger partial charge is 0.480 e. The van der Waals surface area contributed by atoms with Crippen molar-refractivity contribution in [3.63, 3.8) is 0 Å². The second kappa shape index (κ2) is 4.02. The van der Waals surface area contributed by atoms with Crippen molar-refractivity contribution in [2.45, 2.75) is 38.1 Å². The first-order chi connectivity index (χ1) is 7.93. The quantitative estimate of drug-likeness (QED) is 0.868. The van der Waals surface area contributed by atoms with Crippen molar-refractivity contribution < 1.29 is 9.90 Å². The van der Waals surface area contributed by atoms with Crippen LogP contribution >= 0.6 is 0 Å².